The van der Waals surface area contributed by atoms with E-state index in [4.69, 9.17) is 0 Å². The van der Waals surface area contributed by atoms with Gasteiger partial charge in [-0.05, 0) is 29.3 Å². The number of nitrogens with zero attached hydrogens (tertiary/aromatic N) is 6. The first-order chi connectivity index (χ1) is 9.40. The zero-order valence-electron chi connectivity index (χ0n) is 9.46. The van der Waals surface area contributed by atoms with Crippen molar-refractivity contribution >= 4 is 39.1 Å². The van der Waals surface area contributed by atoms with E-state index in [1.807, 2.05) is 23.7 Å². The Bertz CT molecular complexity index is 835. The maximum Gasteiger partial charge on any atom is 0.253 e. The molecule has 0 aromatic carbocycles. The van der Waals surface area contributed by atoms with Crippen molar-refractivity contribution in [2.75, 3.05) is 0 Å². The summed E-state index contributed by atoms with van der Waals surface area (Å²) in [6.07, 6.45) is 5.08. The molecule has 8 heteroatoms. The van der Waals surface area contributed by atoms with Gasteiger partial charge in [-0.1, -0.05) is 0 Å². The third-order valence-electron chi connectivity index (χ3n) is 2.51. The fraction of sp³-hybridized carbons (Fsp3) is 0. The third kappa shape index (κ3) is 1.85. The van der Waals surface area contributed by atoms with Crippen LogP contribution in [-0.4, -0.2) is 29.5 Å². The molecule has 0 aliphatic carbocycles. The Hall–Kier alpha value is -2.06. The van der Waals surface area contributed by atoms with Crippen LogP contribution in [0.3, 0.4) is 0 Å². The van der Waals surface area contributed by atoms with Gasteiger partial charge in [0.2, 0.25) is 5.16 Å². The Labute approximate surface area is 115 Å². The lowest BCUT2D eigenvalue weighted by molar-refractivity contribution is 0.878. The first-order valence-corrected chi connectivity index (χ1v) is 7.13. The Morgan fingerprint density at radius 2 is 2.21 bits per heavy atom. The van der Waals surface area contributed by atoms with Crippen LogP contribution in [0.1, 0.15) is 0 Å². The smallest absolute Gasteiger partial charge is 0.229 e. The number of fused-ring (bicyclic) bond motifs is 2. The summed E-state index contributed by atoms with van der Waals surface area (Å²) in [5.74, 6) is 0.584. The monoisotopic (exact) mass is 286 g/mol. The topological polar surface area (TPSA) is 68.9 Å². The first-order valence-electron chi connectivity index (χ1n) is 5.43. The molecule has 0 aliphatic heterocycles. The van der Waals surface area contributed by atoms with Crippen LogP contribution >= 0.6 is 23.1 Å². The molecule has 6 nitrogen and oxygen atoms in total. The standard InChI is InChI=1S/C11H6N6S2/c1-3-12-10-15-11(16-17(10)4-1)19-9-7-2-5-18-8(7)13-6-14-9/h1-6H. The summed E-state index contributed by atoms with van der Waals surface area (Å²) in [6.45, 7) is 0. The quantitative estimate of drug-likeness (QED) is 0.527. The van der Waals surface area contributed by atoms with Crippen molar-refractivity contribution in [3.8, 4) is 0 Å². The highest BCUT2D eigenvalue weighted by Gasteiger charge is 2.10. The molecule has 0 unspecified atom stereocenters. The molecule has 4 rings (SSSR count). The van der Waals surface area contributed by atoms with Crippen LogP contribution in [0.15, 0.2) is 46.4 Å². The molecule has 4 aromatic rings. The van der Waals surface area contributed by atoms with Gasteiger partial charge in [0, 0.05) is 17.8 Å². The van der Waals surface area contributed by atoms with Crippen LogP contribution < -0.4 is 0 Å². The van der Waals surface area contributed by atoms with Crippen LogP contribution in [0.25, 0.3) is 16.0 Å². The van der Waals surface area contributed by atoms with E-state index >= 15 is 0 Å². The summed E-state index contributed by atoms with van der Waals surface area (Å²) < 4.78 is 1.65. The van der Waals surface area contributed by atoms with Gasteiger partial charge in [0.1, 0.15) is 16.2 Å². The summed E-state index contributed by atoms with van der Waals surface area (Å²) in [4.78, 5) is 18.0. The molecule has 0 saturated heterocycles. The molecule has 92 valence electrons. The predicted octanol–water partition coefficient (Wildman–Crippen LogP) is 2.28. The van der Waals surface area contributed by atoms with Gasteiger partial charge in [0.25, 0.3) is 5.78 Å². The summed E-state index contributed by atoms with van der Waals surface area (Å²) in [7, 11) is 0. The molecule has 0 fully saturated rings. The molecule has 0 radical (unpaired) electrons. The Kier molecular flexibility index (Phi) is 2.42. The molecule has 19 heavy (non-hydrogen) atoms. The van der Waals surface area contributed by atoms with E-state index < -0.39 is 0 Å². The van der Waals surface area contributed by atoms with Crippen molar-refractivity contribution in [2.45, 2.75) is 10.2 Å². The number of rotatable bonds is 2. The normalized spacial score (nSPS) is 11.4. The van der Waals surface area contributed by atoms with Crippen LogP contribution in [0.5, 0.6) is 0 Å². The highest BCUT2D eigenvalue weighted by molar-refractivity contribution is 7.99. The lowest BCUT2D eigenvalue weighted by atomic mass is 10.4. The van der Waals surface area contributed by atoms with Crippen LogP contribution in [0.2, 0.25) is 0 Å². The Balaban J connectivity index is 1.79. The fourth-order valence-electron chi connectivity index (χ4n) is 1.69. The zero-order valence-corrected chi connectivity index (χ0v) is 11.1. The van der Waals surface area contributed by atoms with Gasteiger partial charge in [-0.3, -0.25) is 0 Å². The number of hydrogen-bond donors (Lipinski definition) is 0. The van der Waals surface area contributed by atoms with Gasteiger partial charge in [-0.2, -0.15) is 4.98 Å². The van der Waals surface area contributed by atoms with Gasteiger partial charge >= 0.3 is 0 Å². The minimum atomic E-state index is 0.584. The van der Waals surface area contributed by atoms with E-state index in [9.17, 15) is 0 Å². The minimum absolute atomic E-state index is 0.584. The lowest BCUT2D eigenvalue weighted by Gasteiger charge is -1.96. The molecule has 0 spiro atoms. The minimum Gasteiger partial charge on any atom is -0.229 e. The summed E-state index contributed by atoms with van der Waals surface area (Å²) in [5, 5.41) is 8.87. The summed E-state index contributed by atoms with van der Waals surface area (Å²) >= 11 is 3.01. The summed E-state index contributed by atoms with van der Waals surface area (Å²) in [6, 6.07) is 3.83. The zero-order chi connectivity index (χ0) is 12.7. The molecule has 0 aliphatic rings. The van der Waals surface area contributed by atoms with E-state index in [0.717, 1.165) is 15.2 Å². The average molecular weight is 286 g/mol. The van der Waals surface area contributed by atoms with Crippen molar-refractivity contribution < 1.29 is 0 Å². The Morgan fingerprint density at radius 1 is 1.21 bits per heavy atom. The van der Waals surface area contributed by atoms with Gasteiger partial charge in [0.05, 0.1) is 0 Å². The second-order valence-electron chi connectivity index (χ2n) is 3.68. The highest BCUT2D eigenvalue weighted by atomic mass is 32.2. The first kappa shape index (κ1) is 10.8. The highest BCUT2D eigenvalue weighted by Crippen LogP contribution is 2.31. The molecule has 4 heterocycles. The molecule has 0 N–H and O–H groups in total. The number of aromatic nitrogens is 6. The van der Waals surface area contributed by atoms with Crippen molar-refractivity contribution in [1.82, 2.24) is 29.5 Å². The molecule has 0 bridgehead atoms. The number of hydrogen-bond acceptors (Lipinski definition) is 7. The molecule has 0 atom stereocenters. The SMILES string of the molecule is c1cnc2nc(Sc3ncnc4sccc34)nn2c1. The second-order valence-corrected chi connectivity index (χ2v) is 5.53. The van der Waals surface area contributed by atoms with E-state index in [1.54, 1.807) is 28.4 Å². The Morgan fingerprint density at radius 3 is 3.16 bits per heavy atom. The van der Waals surface area contributed by atoms with Crippen molar-refractivity contribution in [3.63, 3.8) is 0 Å². The van der Waals surface area contributed by atoms with E-state index in [-0.39, 0.29) is 0 Å². The molecular weight excluding hydrogens is 280 g/mol. The molecule has 0 amide bonds. The maximum atomic E-state index is 4.35. The van der Waals surface area contributed by atoms with Crippen molar-refractivity contribution in [2.24, 2.45) is 0 Å². The third-order valence-corrected chi connectivity index (χ3v) is 4.21. The van der Waals surface area contributed by atoms with Crippen LogP contribution in [0.4, 0.5) is 0 Å². The fourth-order valence-corrected chi connectivity index (χ4v) is 3.29. The summed E-state index contributed by atoms with van der Waals surface area (Å²) in [5.41, 5.74) is 0. The largest absolute Gasteiger partial charge is 0.253 e. The predicted molar refractivity (Wildman–Crippen MR) is 72.3 cm³/mol. The maximum absolute atomic E-state index is 4.35. The van der Waals surface area contributed by atoms with Gasteiger partial charge in [-0.15, -0.1) is 16.4 Å². The second kappa shape index (κ2) is 4.25. The molecule has 4 aromatic heterocycles. The van der Waals surface area contributed by atoms with E-state index in [0.29, 0.717) is 10.9 Å². The number of thiophene rings is 1. The van der Waals surface area contributed by atoms with Crippen molar-refractivity contribution in [1.29, 1.82) is 0 Å². The van der Waals surface area contributed by atoms with E-state index in [2.05, 4.69) is 25.0 Å². The van der Waals surface area contributed by atoms with Crippen LogP contribution in [0, 0.1) is 0 Å². The average Bonchev–Trinajstić information content (AvgIpc) is 3.04. The van der Waals surface area contributed by atoms with Gasteiger partial charge < -0.3 is 0 Å². The van der Waals surface area contributed by atoms with Crippen molar-refractivity contribution in [3.05, 3.63) is 36.2 Å². The lowest BCUT2D eigenvalue weighted by Crippen LogP contribution is -1.87. The van der Waals surface area contributed by atoms with Crippen LogP contribution in [-0.2, 0) is 0 Å². The molecule has 0 saturated carbocycles. The van der Waals surface area contributed by atoms with Gasteiger partial charge in [0.15, 0.2) is 0 Å². The molecular formula is C11H6N6S2. The van der Waals surface area contributed by atoms with E-state index in [1.165, 1.54) is 11.8 Å². The van der Waals surface area contributed by atoms with Gasteiger partial charge in [-0.25, -0.2) is 19.5 Å².